The molecule has 1 aromatic carbocycles. The molecule has 132 valence electrons. The molecule has 0 fully saturated rings. The molecule has 0 saturated heterocycles. The summed E-state index contributed by atoms with van der Waals surface area (Å²) in [7, 11) is 4.16. The van der Waals surface area contributed by atoms with Crippen molar-refractivity contribution in [3.63, 3.8) is 0 Å². The zero-order chi connectivity index (χ0) is 16.5. The largest absolute Gasteiger partial charge is 0.467 e. The monoisotopic (exact) mass is 442 g/mol. The summed E-state index contributed by atoms with van der Waals surface area (Å²) in [5.74, 6) is 1.69. The van der Waals surface area contributed by atoms with E-state index in [1.165, 1.54) is 11.1 Å². The molecule has 2 aromatic rings. The predicted octanol–water partition coefficient (Wildman–Crippen LogP) is 3.21. The topological polar surface area (TPSA) is 52.8 Å². The van der Waals surface area contributed by atoms with Crippen molar-refractivity contribution in [2.45, 2.75) is 26.6 Å². The molecule has 0 aliphatic carbocycles. The first-order valence-corrected chi connectivity index (χ1v) is 7.95. The van der Waals surface area contributed by atoms with Gasteiger partial charge in [-0.2, -0.15) is 0 Å². The molecule has 0 radical (unpaired) electrons. The van der Waals surface area contributed by atoms with Gasteiger partial charge in [-0.3, -0.25) is 0 Å². The third-order valence-electron chi connectivity index (χ3n) is 3.37. The number of rotatable bonds is 7. The van der Waals surface area contributed by atoms with Gasteiger partial charge in [-0.1, -0.05) is 24.3 Å². The summed E-state index contributed by atoms with van der Waals surface area (Å²) >= 11 is 0. The van der Waals surface area contributed by atoms with Gasteiger partial charge in [0, 0.05) is 13.1 Å². The van der Waals surface area contributed by atoms with Crippen molar-refractivity contribution in [2.75, 3.05) is 20.6 Å². The lowest BCUT2D eigenvalue weighted by Crippen LogP contribution is -2.36. The molecular weight excluding hydrogens is 415 g/mol. The van der Waals surface area contributed by atoms with E-state index >= 15 is 0 Å². The van der Waals surface area contributed by atoms with E-state index in [0.29, 0.717) is 13.1 Å². The van der Waals surface area contributed by atoms with Crippen LogP contribution >= 0.6 is 24.0 Å². The molecule has 1 heterocycles. The highest BCUT2D eigenvalue weighted by atomic mass is 127. The normalized spacial score (nSPS) is 11.2. The Morgan fingerprint density at radius 2 is 1.83 bits per heavy atom. The Morgan fingerprint density at radius 3 is 2.46 bits per heavy atom. The van der Waals surface area contributed by atoms with Crippen LogP contribution in [0.15, 0.2) is 52.1 Å². The van der Waals surface area contributed by atoms with Crippen molar-refractivity contribution in [1.82, 2.24) is 15.5 Å². The molecule has 5 nitrogen and oxygen atoms in total. The highest BCUT2D eigenvalue weighted by Crippen LogP contribution is 2.11. The molecular formula is C18H27IN4O. The van der Waals surface area contributed by atoms with Gasteiger partial charge >= 0.3 is 0 Å². The standard InChI is InChI=1S/C18H26N4O.HI/c1-4-19-18(21-13-17-10-7-11-23-17)20-12-15-8-5-6-9-16(15)14-22(2)3;/h5-11H,4,12-14H2,1-3H3,(H2,19,20,21);1H. The van der Waals surface area contributed by atoms with Crippen molar-refractivity contribution in [1.29, 1.82) is 0 Å². The molecule has 0 unspecified atom stereocenters. The zero-order valence-corrected chi connectivity index (χ0v) is 16.9. The fourth-order valence-corrected chi connectivity index (χ4v) is 2.30. The maximum Gasteiger partial charge on any atom is 0.191 e. The highest BCUT2D eigenvalue weighted by Gasteiger charge is 2.04. The number of benzene rings is 1. The van der Waals surface area contributed by atoms with Crippen molar-refractivity contribution in [3.8, 4) is 0 Å². The van der Waals surface area contributed by atoms with Crippen LogP contribution in [0.2, 0.25) is 0 Å². The van der Waals surface area contributed by atoms with Crippen LogP contribution < -0.4 is 10.6 Å². The van der Waals surface area contributed by atoms with Crippen molar-refractivity contribution in [3.05, 3.63) is 59.5 Å². The second-order valence-corrected chi connectivity index (χ2v) is 5.63. The van der Waals surface area contributed by atoms with Gasteiger partial charge in [-0.15, -0.1) is 24.0 Å². The van der Waals surface area contributed by atoms with Crippen LogP contribution in [0.3, 0.4) is 0 Å². The molecule has 1 aromatic heterocycles. The van der Waals surface area contributed by atoms with Gasteiger partial charge in [-0.25, -0.2) is 4.99 Å². The maximum atomic E-state index is 5.34. The predicted molar refractivity (Wildman–Crippen MR) is 110 cm³/mol. The number of furan rings is 1. The van der Waals surface area contributed by atoms with Crippen LogP contribution in [-0.2, 0) is 19.6 Å². The second-order valence-electron chi connectivity index (χ2n) is 5.63. The maximum absolute atomic E-state index is 5.34. The Hall–Kier alpha value is -1.54. The summed E-state index contributed by atoms with van der Waals surface area (Å²) in [5, 5.41) is 6.55. The van der Waals surface area contributed by atoms with Gasteiger partial charge < -0.3 is 20.0 Å². The summed E-state index contributed by atoms with van der Waals surface area (Å²) in [4.78, 5) is 6.85. The number of hydrogen-bond donors (Lipinski definition) is 2. The molecule has 0 aliphatic rings. The summed E-state index contributed by atoms with van der Waals surface area (Å²) < 4.78 is 5.34. The number of hydrogen-bond acceptors (Lipinski definition) is 3. The lowest BCUT2D eigenvalue weighted by molar-refractivity contribution is 0.401. The number of aliphatic imine (C=N–C) groups is 1. The minimum atomic E-state index is 0. The Bertz CT molecular complexity index is 611. The Kier molecular flexibility index (Phi) is 9.48. The highest BCUT2D eigenvalue weighted by molar-refractivity contribution is 14.0. The fourth-order valence-electron chi connectivity index (χ4n) is 2.30. The number of nitrogens with one attached hydrogen (secondary N) is 2. The molecule has 0 saturated carbocycles. The SMILES string of the molecule is CCNC(=NCc1ccccc1CN(C)C)NCc1ccco1.I. The van der Waals surface area contributed by atoms with E-state index in [0.717, 1.165) is 24.8 Å². The van der Waals surface area contributed by atoms with E-state index in [2.05, 4.69) is 65.8 Å². The Balaban J connectivity index is 0.00000288. The van der Waals surface area contributed by atoms with Crippen LogP contribution in [0.25, 0.3) is 0 Å². The molecule has 0 amide bonds. The number of halogens is 1. The molecule has 0 atom stereocenters. The summed E-state index contributed by atoms with van der Waals surface area (Å²) in [5.41, 5.74) is 2.56. The minimum absolute atomic E-state index is 0. The average molecular weight is 442 g/mol. The third kappa shape index (κ3) is 6.92. The van der Waals surface area contributed by atoms with E-state index in [1.54, 1.807) is 6.26 Å². The van der Waals surface area contributed by atoms with Crippen LogP contribution in [0.5, 0.6) is 0 Å². The van der Waals surface area contributed by atoms with Gasteiger partial charge in [0.1, 0.15) is 5.76 Å². The number of nitrogens with zero attached hydrogens (tertiary/aromatic N) is 2. The first-order chi connectivity index (χ1) is 11.2. The van der Waals surface area contributed by atoms with Crippen LogP contribution in [-0.4, -0.2) is 31.5 Å². The van der Waals surface area contributed by atoms with E-state index < -0.39 is 0 Å². The summed E-state index contributed by atoms with van der Waals surface area (Å²) in [6.45, 7) is 5.07. The van der Waals surface area contributed by atoms with E-state index in [1.807, 2.05) is 12.1 Å². The minimum Gasteiger partial charge on any atom is -0.467 e. The third-order valence-corrected chi connectivity index (χ3v) is 3.37. The van der Waals surface area contributed by atoms with Crippen LogP contribution in [0.4, 0.5) is 0 Å². The van der Waals surface area contributed by atoms with Gasteiger partial charge in [0.05, 0.1) is 19.4 Å². The second kappa shape index (κ2) is 11.1. The zero-order valence-electron chi connectivity index (χ0n) is 14.6. The molecule has 24 heavy (non-hydrogen) atoms. The quantitative estimate of drug-likeness (QED) is 0.393. The molecule has 2 N–H and O–H groups in total. The smallest absolute Gasteiger partial charge is 0.191 e. The first kappa shape index (κ1) is 20.5. The fraction of sp³-hybridized carbons (Fsp3) is 0.389. The lowest BCUT2D eigenvalue weighted by atomic mass is 10.1. The summed E-state index contributed by atoms with van der Waals surface area (Å²) in [6, 6.07) is 12.3. The average Bonchev–Trinajstić information content (AvgIpc) is 3.04. The Morgan fingerprint density at radius 1 is 1.08 bits per heavy atom. The van der Waals surface area contributed by atoms with Gasteiger partial charge in [0.2, 0.25) is 0 Å². The first-order valence-electron chi connectivity index (χ1n) is 7.95. The molecule has 2 rings (SSSR count). The van der Waals surface area contributed by atoms with Gasteiger partial charge in [-0.05, 0) is 44.3 Å². The van der Waals surface area contributed by atoms with Crippen LogP contribution in [0, 0.1) is 0 Å². The van der Waals surface area contributed by atoms with Crippen molar-refractivity contribution in [2.24, 2.45) is 4.99 Å². The van der Waals surface area contributed by atoms with Crippen molar-refractivity contribution >= 4 is 29.9 Å². The van der Waals surface area contributed by atoms with Gasteiger partial charge in [0.25, 0.3) is 0 Å². The number of guanidine groups is 1. The van der Waals surface area contributed by atoms with Crippen molar-refractivity contribution < 1.29 is 4.42 Å². The summed E-state index contributed by atoms with van der Waals surface area (Å²) in [6.07, 6.45) is 1.68. The van der Waals surface area contributed by atoms with E-state index in [9.17, 15) is 0 Å². The lowest BCUT2D eigenvalue weighted by Gasteiger charge is -2.14. The van der Waals surface area contributed by atoms with Gasteiger partial charge in [0.15, 0.2) is 5.96 Å². The molecule has 0 bridgehead atoms. The van der Waals surface area contributed by atoms with E-state index in [4.69, 9.17) is 4.42 Å². The molecule has 6 heteroatoms. The van der Waals surface area contributed by atoms with Crippen LogP contribution in [0.1, 0.15) is 23.8 Å². The molecule has 0 aliphatic heterocycles. The van der Waals surface area contributed by atoms with E-state index in [-0.39, 0.29) is 24.0 Å². The Labute approximate surface area is 161 Å². The molecule has 0 spiro atoms.